The van der Waals surface area contributed by atoms with E-state index >= 15 is 0 Å². The lowest BCUT2D eigenvalue weighted by molar-refractivity contribution is -0.143. The van der Waals surface area contributed by atoms with Crippen molar-refractivity contribution in [3.8, 4) is 0 Å². The summed E-state index contributed by atoms with van der Waals surface area (Å²) in [5, 5.41) is 11.6. The average Bonchev–Trinajstić information content (AvgIpc) is 2.43. The van der Waals surface area contributed by atoms with Gasteiger partial charge in [0, 0.05) is 5.69 Å². The van der Waals surface area contributed by atoms with Crippen molar-refractivity contribution in [3.05, 3.63) is 29.6 Å². The van der Waals surface area contributed by atoms with Gasteiger partial charge in [-0.25, -0.2) is 4.39 Å². The zero-order chi connectivity index (χ0) is 15.4. The van der Waals surface area contributed by atoms with Crippen molar-refractivity contribution in [3.63, 3.8) is 0 Å². The van der Waals surface area contributed by atoms with Crippen LogP contribution in [0.1, 0.15) is 18.4 Å². The molecule has 7 heteroatoms. The van der Waals surface area contributed by atoms with Crippen molar-refractivity contribution < 1.29 is 19.1 Å². The molecule has 1 saturated heterocycles. The van der Waals surface area contributed by atoms with Crippen molar-refractivity contribution in [2.24, 2.45) is 5.92 Å². The molecule has 0 bridgehead atoms. The molecule has 0 aliphatic carbocycles. The number of rotatable bonds is 4. The molecule has 2 rings (SSSR count). The first kappa shape index (κ1) is 18.4. The Kier molecular flexibility index (Phi) is 6.77. The molecule has 0 saturated carbocycles. The molecule has 0 aromatic heterocycles. The van der Waals surface area contributed by atoms with Crippen LogP contribution >= 0.6 is 12.4 Å². The van der Waals surface area contributed by atoms with Gasteiger partial charge >= 0.3 is 5.97 Å². The van der Waals surface area contributed by atoms with Crippen molar-refractivity contribution in [1.29, 1.82) is 0 Å². The summed E-state index contributed by atoms with van der Waals surface area (Å²) in [6, 6.07) is 4.57. The molecule has 2 N–H and O–H groups in total. The smallest absolute Gasteiger partial charge is 0.306 e. The highest BCUT2D eigenvalue weighted by Crippen LogP contribution is 2.17. The zero-order valence-electron chi connectivity index (χ0n) is 12.3. The number of carboxylic acids is 1. The van der Waals surface area contributed by atoms with E-state index in [4.69, 9.17) is 5.11 Å². The minimum absolute atomic E-state index is 0. The van der Waals surface area contributed by atoms with Gasteiger partial charge in [-0.05, 0) is 50.6 Å². The molecular weight excluding hydrogens is 311 g/mol. The Morgan fingerprint density at radius 2 is 2.00 bits per heavy atom. The minimum Gasteiger partial charge on any atom is -0.481 e. The first-order chi connectivity index (χ1) is 9.95. The number of aliphatic carboxylic acids is 1. The van der Waals surface area contributed by atoms with E-state index in [9.17, 15) is 14.0 Å². The summed E-state index contributed by atoms with van der Waals surface area (Å²) in [6.07, 6.45) is 1.11. The lowest BCUT2D eigenvalue weighted by Gasteiger charge is -2.29. The second kappa shape index (κ2) is 8.10. The number of piperidine rings is 1. The van der Waals surface area contributed by atoms with Crippen LogP contribution in [0.4, 0.5) is 10.1 Å². The molecule has 5 nitrogen and oxygen atoms in total. The molecule has 0 atom stereocenters. The Hall–Kier alpha value is -1.66. The molecule has 0 unspecified atom stereocenters. The second-order valence-corrected chi connectivity index (χ2v) is 5.40. The summed E-state index contributed by atoms with van der Waals surface area (Å²) >= 11 is 0. The maximum atomic E-state index is 13.4. The third-order valence-corrected chi connectivity index (χ3v) is 3.76. The van der Waals surface area contributed by atoms with Gasteiger partial charge in [0.05, 0.1) is 12.5 Å². The van der Waals surface area contributed by atoms with E-state index in [0.29, 0.717) is 37.2 Å². The Labute approximate surface area is 134 Å². The largest absolute Gasteiger partial charge is 0.481 e. The van der Waals surface area contributed by atoms with E-state index < -0.39 is 5.97 Å². The van der Waals surface area contributed by atoms with Gasteiger partial charge in [0.2, 0.25) is 5.91 Å². The zero-order valence-corrected chi connectivity index (χ0v) is 13.2. The summed E-state index contributed by atoms with van der Waals surface area (Å²) in [6.45, 7) is 3.04. The minimum atomic E-state index is -0.769. The molecule has 22 heavy (non-hydrogen) atoms. The molecule has 1 aromatic rings. The fourth-order valence-corrected chi connectivity index (χ4v) is 2.41. The fourth-order valence-electron chi connectivity index (χ4n) is 2.41. The van der Waals surface area contributed by atoms with Gasteiger partial charge in [-0.2, -0.15) is 0 Å². The number of nitrogens with zero attached hydrogens (tertiary/aromatic N) is 1. The summed E-state index contributed by atoms with van der Waals surface area (Å²) in [4.78, 5) is 24.7. The number of benzene rings is 1. The molecule has 1 aliphatic rings. The van der Waals surface area contributed by atoms with E-state index in [1.54, 1.807) is 19.1 Å². The van der Waals surface area contributed by atoms with Crippen LogP contribution in [0.5, 0.6) is 0 Å². The lowest BCUT2D eigenvalue weighted by atomic mass is 9.97. The quantitative estimate of drug-likeness (QED) is 0.888. The van der Waals surface area contributed by atoms with E-state index in [0.717, 1.165) is 0 Å². The Balaban J connectivity index is 0.00000242. The van der Waals surface area contributed by atoms with Gasteiger partial charge in [0.25, 0.3) is 0 Å². The number of amides is 1. The molecule has 1 amide bonds. The highest BCUT2D eigenvalue weighted by atomic mass is 35.5. The SMILES string of the molecule is Cc1ccc(NC(=O)CN2CCC(C(=O)O)CC2)cc1F.Cl. The lowest BCUT2D eigenvalue weighted by Crippen LogP contribution is -2.40. The molecule has 0 spiro atoms. The predicted molar refractivity (Wildman–Crippen MR) is 83.8 cm³/mol. The van der Waals surface area contributed by atoms with Gasteiger partial charge in [-0.3, -0.25) is 14.5 Å². The summed E-state index contributed by atoms with van der Waals surface area (Å²) < 4.78 is 13.4. The molecule has 0 radical (unpaired) electrons. The molecule has 122 valence electrons. The van der Waals surface area contributed by atoms with Crippen LogP contribution in [0.2, 0.25) is 0 Å². The standard InChI is InChI=1S/C15H19FN2O3.ClH/c1-10-2-3-12(8-13(10)16)17-14(19)9-18-6-4-11(5-7-18)15(20)21;/h2-3,8,11H,4-7,9H2,1H3,(H,17,19)(H,20,21);1H. The second-order valence-electron chi connectivity index (χ2n) is 5.40. The van der Waals surface area contributed by atoms with Gasteiger partial charge in [-0.1, -0.05) is 6.07 Å². The van der Waals surface area contributed by atoms with Crippen LogP contribution in [0.25, 0.3) is 0 Å². The first-order valence-corrected chi connectivity index (χ1v) is 6.97. The van der Waals surface area contributed by atoms with Gasteiger partial charge in [-0.15, -0.1) is 12.4 Å². The van der Waals surface area contributed by atoms with Crippen molar-refractivity contribution >= 4 is 30.0 Å². The third-order valence-electron chi connectivity index (χ3n) is 3.76. The number of aryl methyl sites for hydroxylation is 1. The van der Waals surface area contributed by atoms with E-state index in [1.165, 1.54) is 6.07 Å². The number of likely N-dealkylation sites (tertiary alicyclic amines) is 1. The van der Waals surface area contributed by atoms with Crippen LogP contribution in [-0.4, -0.2) is 41.5 Å². The van der Waals surface area contributed by atoms with Crippen LogP contribution in [0.3, 0.4) is 0 Å². The van der Waals surface area contributed by atoms with Gasteiger partial charge in [0.15, 0.2) is 0 Å². The monoisotopic (exact) mass is 330 g/mol. The normalized spacial score (nSPS) is 15.9. The first-order valence-electron chi connectivity index (χ1n) is 6.97. The number of carboxylic acid groups (broad SMARTS) is 1. The number of carbonyl (C=O) groups is 2. The van der Waals surface area contributed by atoms with Crippen molar-refractivity contribution in [2.75, 3.05) is 25.0 Å². The van der Waals surface area contributed by atoms with Crippen molar-refractivity contribution in [1.82, 2.24) is 4.90 Å². The number of nitrogens with one attached hydrogen (secondary N) is 1. The average molecular weight is 331 g/mol. The molecular formula is C15H20ClFN2O3. The van der Waals surface area contributed by atoms with Crippen LogP contribution < -0.4 is 5.32 Å². The van der Waals surface area contributed by atoms with E-state index in [2.05, 4.69) is 5.32 Å². The summed E-state index contributed by atoms with van der Waals surface area (Å²) in [7, 11) is 0. The number of anilines is 1. The topological polar surface area (TPSA) is 69.6 Å². The summed E-state index contributed by atoms with van der Waals surface area (Å²) in [5.74, 6) is -1.65. The van der Waals surface area contributed by atoms with E-state index in [1.807, 2.05) is 4.90 Å². The van der Waals surface area contributed by atoms with Crippen LogP contribution in [0.15, 0.2) is 18.2 Å². The predicted octanol–water partition coefficient (Wildman–Crippen LogP) is 2.29. The Morgan fingerprint density at radius 3 is 2.55 bits per heavy atom. The fraction of sp³-hybridized carbons (Fsp3) is 0.467. The Bertz CT molecular complexity index is 546. The number of halogens is 2. The van der Waals surface area contributed by atoms with Gasteiger partial charge in [0.1, 0.15) is 5.82 Å². The van der Waals surface area contributed by atoms with Crippen molar-refractivity contribution in [2.45, 2.75) is 19.8 Å². The third kappa shape index (κ3) is 4.96. The van der Waals surface area contributed by atoms with Crippen LogP contribution in [0, 0.1) is 18.7 Å². The van der Waals surface area contributed by atoms with Gasteiger partial charge < -0.3 is 10.4 Å². The molecule has 1 aliphatic heterocycles. The number of hydrogen-bond acceptors (Lipinski definition) is 3. The molecule has 1 fully saturated rings. The Morgan fingerprint density at radius 1 is 1.36 bits per heavy atom. The molecule has 1 heterocycles. The number of carbonyl (C=O) groups excluding carboxylic acids is 1. The highest BCUT2D eigenvalue weighted by molar-refractivity contribution is 5.92. The van der Waals surface area contributed by atoms with Crippen LogP contribution in [-0.2, 0) is 9.59 Å². The highest BCUT2D eigenvalue weighted by Gasteiger charge is 2.25. The summed E-state index contributed by atoms with van der Waals surface area (Å²) in [5.41, 5.74) is 0.965. The number of hydrogen-bond donors (Lipinski definition) is 2. The van der Waals surface area contributed by atoms with E-state index in [-0.39, 0.29) is 36.6 Å². The maximum absolute atomic E-state index is 13.4. The maximum Gasteiger partial charge on any atom is 0.306 e. The molecule has 1 aromatic carbocycles.